The van der Waals surface area contributed by atoms with Crippen LogP contribution < -0.4 is 10.6 Å². The number of carbonyl (C=O) groups excluding carboxylic acids is 1. The molecule has 4 nitrogen and oxygen atoms in total. The molecule has 2 N–H and O–H groups in total. The van der Waals surface area contributed by atoms with Gasteiger partial charge >= 0.3 is 6.18 Å². The van der Waals surface area contributed by atoms with Gasteiger partial charge in [0, 0.05) is 22.2 Å². The second-order valence-electron chi connectivity index (χ2n) is 9.20. The number of allylic oxidation sites excluding steroid dienone is 3. The average Bonchev–Trinajstić information content (AvgIpc) is 2.73. The zero-order valence-corrected chi connectivity index (χ0v) is 20.6. The lowest BCUT2D eigenvalue weighted by Gasteiger charge is -2.44. The second-order valence-corrected chi connectivity index (χ2v) is 10.5. The van der Waals surface area contributed by atoms with Crippen molar-refractivity contribution < 1.29 is 18.0 Å². The lowest BCUT2D eigenvalue weighted by molar-refractivity contribution is -0.137. The van der Waals surface area contributed by atoms with Crippen LogP contribution in [0.25, 0.3) is 0 Å². The highest BCUT2D eigenvalue weighted by molar-refractivity contribution is 9.10. The van der Waals surface area contributed by atoms with Crippen LogP contribution in [0.4, 0.5) is 18.9 Å². The first-order valence-electron chi connectivity index (χ1n) is 10.4. The number of nitrogens with zero attached hydrogens (tertiary/aromatic N) is 2. The van der Waals surface area contributed by atoms with Crippen LogP contribution in [-0.4, -0.2) is 5.78 Å². The van der Waals surface area contributed by atoms with Crippen LogP contribution in [0.1, 0.15) is 43.7 Å². The van der Waals surface area contributed by atoms with Crippen molar-refractivity contribution in [1.29, 1.82) is 5.26 Å². The first-order chi connectivity index (χ1) is 15.8. The third-order valence-electron chi connectivity index (χ3n) is 6.10. The molecule has 0 aromatic heterocycles. The van der Waals surface area contributed by atoms with E-state index in [2.05, 4.69) is 22.0 Å². The monoisotopic (exact) mass is 549 g/mol. The summed E-state index contributed by atoms with van der Waals surface area (Å²) in [7, 11) is 0. The Labute approximate surface area is 208 Å². The van der Waals surface area contributed by atoms with Crippen LogP contribution in [0.3, 0.4) is 0 Å². The van der Waals surface area contributed by atoms with E-state index in [1.54, 1.807) is 24.3 Å². The van der Waals surface area contributed by atoms with Gasteiger partial charge in [0.1, 0.15) is 5.82 Å². The molecule has 0 radical (unpaired) electrons. The lowest BCUT2D eigenvalue weighted by Crippen LogP contribution is -2.42. The molecule has 176 valence electrons. The van der Waals surface area contributed by atoms with Crippen LogP contribution >= 0.6 is 27.5 Å². The van der Waals surface area contributed by atoms with Crippen molar-refractivity contribution in [2.75, 3.05) is 4.90 Å². The van der Waals surface area contributed by atoms with Gasteiger partial charge in [0.2, 0.25) is 0 Å². The molecule has 0 saturated carbocycles. The van der Waals surface area contributed by atoms with Crippen molar-refractivity contribution in [3.05, 3.63) is 85.8 Å². The molecule has 2 aromatic rings. The number of alkyl halides is 3. The number of nitrogens with two attached hydrogens (primary N) is 1. The minimum absolute atomic E-state index is 0.0194. The fraction of sp³-hybridized carbons (Fsp3) is 0.280. The summed E-state index contributed by atoms with van der Waals surface area (Å²) in [6.07, 6.45) is -4.00. The van der Waals surface area contributed by atoms with Gasteiger partial charge in [-0.05, 0) is 47.7 Å². The minimum atomic E-state index is -4.61. The Morgan fingerprint density at radius 2 is 1.82 bits per heavy atom. The van der Waals surface area contributed by atoms with E-state index in [0.29, 0.717) is 23.3 Å². The van der Waals surface area contributed by atoms with Crippen molar-refractivity contribution in [3.63, 3.8) is 0 Å². The number of Topliss-reactive ketones (excluding diaryl/α,β-unsaturated/α-hetero) is 1. The standard InChI is InChI=1S/C25H20BrClF3N3O/c1-24(2)10-19-22(20(34)11-24)21(13-3-6-15(26)7-4-13)16(12-31)23(32)33(19)18-9-14(25(28,29)30)5-8-17(18)27/h3-9,21H,10-11,32H2,1-2H3/t21-/m1/s1. The molecule has 0 fully saturated rings. The molecule has 1 atom stereocenters. The fourth-order valence-corrected chi connectivity index (χ4v) is 5.10. The zero-order valence-electron chi connectivity index (χ0n) is 18.3. The topological polar surface area (TPSA) is 70.1 Å². The normalized spacial score (nSPS) is 20.4. The molecular weight excluding hydrogens is 531 g/mol. The lowest BCUT2D eigenvalue weighted by atomic mass is 9.68. The highest BCUT2D eigenvalue weighted by Gasteiger charge is 2.45. The summed E-state index contributed by atoms with van der Waals surface area (Å²) in [6.45, 7) is 3.82. The van der Waals surface area contributed by atoms with Gasteiger partial charge in [0.15, 0.2) is 5.78 Å². The van der Waals surface area contributed by atoms with Gasteiger partial charge < -0.3 is 5.73 Å². The Hall–Kier alpha value is -2.76. The van der Waals surface area contributed by atoms with Crippen molar-refractivity contribution in [1.82, 2.24) is 0 Å². The van der Waals surface area contributed by atoms with Gasteiger partial charge in [0.05, 0.1) is 33.8 Å². The number of halogens is 5. The molecule has 0 unspecified atom stereocenters. The number of anilines is 1. The second kappa shape index (κ2) is 8.47. The largest absolute Gasteiger partial charge is 0.416 e. The van der Waals surface area contributed by atoms with E-state index in [1.807, 2.05) is 13.8 Å². The van der Waals surface area contributed by atoms with Crippen LogP contribution in [-0.2, 0) is 11.0 Å². The molecule has 34 heavy (non-hydrogen) atoms. The third kappa shape index (κ3) is 4.23. The molecule has 0 amide bonds. The fourth-order valence-electron chi connectivity index (χ4n) is 4.63. The summed E-state index contributed by atoms with van der Waals surface area (Å²) in [5, 5.41) is 10.1. The molecule has 0 bridgehead atoms. The van der Waals surface area contributed by atoms with Crippen LogP contribution in [0.15, 0.2) is 69.6 Å². The molecule has 0 spiro atoms. The minimum Gasteiger partial charge on any atom is -0.384 e. The predicted octanol–water partition coefficient (Wildman–Crippen LogP) is 7.06. The van der Waals surface area contributed by atoms with E-state index >= 15 is 0 Å². The predicted molar refractivity (Wildman–Crippen MR) is 128 cm³/mol. The summed E-state index contributed by atoms with van der Waals surface area (Å²) in [6, 6.07) is 12.2. The number of hydrogen-bond donors (Lipinski definition) is 1. The maximum atomic E-state index is 13.5. The first kappa shape index (κ1) is 24.4. The maximum absolute atomic E-state index is 13.5. The number of carbonyl (C=O) groups is 1. The SMILES string of the molecule is CC1(C)CC(=O)C2=C(C1)N(c1cc(C(F)(F)F)ccc1Cl)C(N)=C(C#N)[C@H]2c1ccc(Br)cc1. The smallest absolute Gasteiger partial charge is 0.384 e. The van der Waals surface area contributed by atoms with Crippen molar-refractivity contribution >= 4 is 39.0 Å². The molecule has 1 heterocycles. The molecule has 2 aliphatic rings. The number of rotatable bonds is 2. The third-order valence-corrected chi connectivity index (χ3v) is 6.95. The van der Waals surface area contributed by atoms with Crippen molar-refractivity contribution in [2.24, 2.45) is 11.1 Å². The molecule has 1 aliphatic carbocycles. The Morgan fingerprint density at radius 1 is 1.18 bits per heavy atom. The van der Waals surface area contributed by atoms with E-state index < -0.39 is 23.1 Å². The van der Waals surface area contributed by atoms with Gasteiger partial charge in [-0.25, -0.2) is 0 Å². The van der Waals surface area contributed by atoms with Crippen molar-refractivity contribution in [3.8, 4) is 6.07 Å². The van der Waals surface area contributed by atoms with E-state index in [4.69, 9.17) is 17.3 Å². The van der Waals surface area contributed by atoms with Gasteiger partial charge in [0.25, 0.3) is 0 Å². The van der Waals surface area contributed by atoms with Gasteiger partial charge in [-0.1, -0.05) is 53.5 Å². The molecule has 9 heteroatoms. The Balaban J connectivity index is 2.02. The molecule has 4 rings (SSSR count). The average molecular weight is 551 g/mol. The Morgan fingerprint density at radius 3 is 2.41 bits per heavy atom. The number of nitriles is 1. The zero-order chi connectivity index (χ0) is 25.0. The first-order valence-corrected chi connectivity index (χ1v) is 11.6. The Bertz CT molecular complexity index is 1290. The van der Waals surface area contributed by atoms with Crippen LogP contribution in [0.2, 0.25) is 5.02 Å². The molecule has 0 saturated heterocycles. The highest BCUT2D eigenvalue weighted by Crippen LogP contribution is 2.51. The van der Waals surface area contributed by atoms with E-state index in [9.17, 15) is 23.2 Å². The number of benzene rings is 2. The van der Waals surface area contributed by atoms with E-state index in [1.165, 1.54) is 4.90 Å². The Kier molecular flexibility index (Phi) is 6.07. The van der Waals surface area contributed by atoms with E-state index in [-0.39, 0.29) is 34.3 Å². The highest BCUT2D eigenvalue weighted by atomic mass is 79.9. The summed E-state index contributed by atoms with van der Waals surface area (Å²) in [5.41, 5.74) is 6.70. The molecule has 2 aromatic carbocycles. The van der Waals surface area contributed by atoms with E-state index in [0.717, 1.165) is 22.7 Å². The van der Waals surface area contributed by atoms with Crippen molar-refractivity contribution in [2.45, 2.75) is 38.8 Å². The summed E-state index contributed by atoms with van der Waals surface area (Å²) in [5.74, 6) is -0.939. The summed E-state index contributed by atoms with van der Waals surface area (Å²) in [4.78, 5) is 14.8. The summed E-state index contributed by atoms with van der Waals surface area (Å²) < 4.78 is 41.4. The van der Waals surface area contributed by atoms with Gasteiger partial charge in [-0.15, -0.1) is 0 Å². The van der Waals surface area contributed by atoms with Crippen LogP contribution in [0, 0.1) is 16.7 Å². The maximum Gasteiger partial charge on any atom is 0.416 e. The number of ketones is 1. The quantitative estimate of drug-likeness (QED) is 0.434. The summed E-state index contributed by atoms with van der Waals surface area (Å²) >= 11 is 9.75. The van der Waals surface area contributed by atoms with Gasteiger partial charge in [-0.2, -0.15) is 18.4 Å². The number of hydrogen-bond acceptors (Lipinski definition) is 4. The molecular formula is C25H20BrClF3N3O. The van der Waals surface area contributed by atoms with Gasteiger partial charge in [-0.3, -0.25) is 9.69 Å². The van der Waals surface area contributed by atoms with Crippen LogP contribution in [0.5, 0.6) is 0 Å². The molecule has 1 aliphatic heterocycles.